The van der Waals surface area contributed by atoms with Crippen LogP contribution in [0.3, 0.4) is 0 Å². The second-order valence-electron chi connectivity index (χ2n) is 5.45. The van der Waals surface area contributed by atoms with Gasteiger partial charge in [-0.05, 0) is 30.3 Å². The molecule has 2 rings (SSSR count). The summed E-state index contributed by atoms with van der Waals surface area (Å²) < 4.78 is 42.0. The first kappa shape index (κ1) is 20.1. The largest absolute Gasteiger partial charge is 0.465 e. The van der Waals surface area contributed by atoms with E-state index in [0.29, 0.717) is 5.76 Å². The number of furan rings is 1. The quantitative estimate of drug-likeness (QED) is 0.612. The number of rotatable bonds is 8. The van der Waals surface area contributed by atoms with Crippen molar-refractivity contribution in [2.75, 3.05) is 23.7 Å². The Kier molecular flexibility index (Phi) is 7.04. The van der Waals surface area contributed by atoms with Crippen molar-refractivity contribution >= 4 is 29.3 Å². The standard InChI is InChI=1S/C18H18F3N3O3/c19-18(20,21)12-23-14-5-1-2-6-15(14)24-17(26)9-10-22-16(25)8-7-13-4-3-11-27-13/h1-8,11,23H,9-10,12H2,(H,22,25)(H,24,26)/b8-7+. The van der Waals surface area contributed by atoms with E-state index >= 15 is 0 Å². The molecule has 0 fully saturated rings. The van der Waals surface area contributed by atoms with E-state index in [0.717, 1.165) is 0 Å². The van der Waals surface area contributed by atoms with Crippen LogP contribution in [-0.2, 0) is 9.59 Å². The fraction of sp³-hybridized carbons (Fsp3) is 0.222. The number of nitrogens with one attached hydrogen (secondary N) is 3. The van der Waals surface area contributed by atoms with Gasteiger partial charge in [0.2, 0.25) is 11.8 Å². The average molecular weight is 381 g/mol. The minimum absolute atomic E-state index is 0.0338. The molecular weight excluding hydrogens is 363 g/mol. The molecule has 0 radical (unpaired) electrons. The van der Waals surface area contributed by atoms with Crippen LogP contribution >= 0.6 is 0 Å². The summed E-state index contributed by atoms with van der Waals surface area (Å²) in [5, 5.41) is 7.29. The summed E-state index contributed by atoms with van der Waals surface area (Å²) >= 11 is 0. The number of hydrogen-bond acceptors (Lipinski definition) is 4. The minimum atomic E-state index is -4.37. The van der Waals surface area contributed by atoms with Crippen molar-refractivity contribution in [2.24, 2.45) is 0 Å². The van der Waals surface area contributed by atoms with E-state index < -0.39 is 24.5 Å². The lowest BCUT2D eigenvalue weighted by Gasteiger charge is -2.14. The molecule has 2 amide bonds. The normalized spacial score (nSPS) is 11.4. The van der Waals surface area contributed by atoms with Crippen molar-refractivity contribution in [1.82, 2.24) is 5.32 Å². The number of anilines is 2. The topological polar surface area (TPSA) is 83.4 Å². The lowest BCUT2D eigenvalue weighted by atomic mass is 10.2. The Labute approximate surface area is 153 Å². The molecule has 0 aliphatic heterocycles. The third-order valence-electron chi connectivity index (χ3n) is 3.27. The van der Waals surface area contributed by atoms with E-state index in [-0.39, 0.29) is 24.3 Å². The predicted octanol–water partition coefficient (Wildman–Crippen LogP) is 3.41. The van der Waals surface area contributed by atoms with Crippen molar-refractivity contribution in [1.29, 1.82) is 0 Å². The van der Waals surface area contributed by atoms with Crippen LogP contribution in [0.1, 0.15) is 12.2 Å². The average Bonchev–Trinajstić information content (AvgIpc) is 3.12. The van der Waals surface area contributed by atoms with Crippen LogP contribution in [0.15, 0.2) is 53.2 Å². The molecule has 0 saturated heterocycles. The second kappa shape index (κ2) is 9.46. The molecule has 0 atom stereocenters. The van der Waals surface area contributed by atoms with Gasteiger partial charge in [0.1, 0.15) is 12.3 Å². The summed E-state index contributed by atoms with van der Waals surface area (Å²) in [5.74, 6) is -0.316. The first-order valence-electron chi connectivity index (χ1n) is 8.02. The summed E-state index contributed by atoms with van der Waals surface area (Å²) in [6, 6.07) is 9.43. The number of amides is 2. The highest BCUT2D eigenvalue weighted by atomic mass is 19.4. The Balaban J connectivity index is 1.78. The van der Waals surface area contributed by atoms with Crippen molar-refractivity contribution < 1.29 is 27.2 Å². The molecule has 27 heavy (non-hydrogen) atoms. The lowest BCUT2D eigenvalue weighted by Crippen LogP contribution is -2.26. The zero-order chi connectivity index (χ0) is 19.7. The molecule has 0 bridgehead atoms. The van der Waals surface area contributed by atoms with Gasteiger partial charge >= 0.3 is 6.18 Å². The minimum Gasteiger partial charge on any atom is -0.465 e. The molecule has 144 valence electrons. The van der Waals surface area contributed by atoms with Gasteiger partial charge in [0.25, 0.3) is 0 Å². The monoisotopic (exact) mass is 381 g/mol. The van der Waals surface area contributed by atoms with Gasteiger partial charge in [0, 0.05) is 19.0 Å². The summed E-state index contributed by atoms with van der Waals surface area (Å²) in [6.45, 7) is -1.14. The van der Waals surface area contributed by atoms with Crippen LogP contribution in [0, 0.1) is 0 Å². The Morgan fingerprint density at radius 1 is 1.07 bits per heavy atom. The van der Waals surface area contributed by atoms with Crippen LogP contribution in [0.5, 0.6) is 0 Å². The number of hydrogen-bond donors (Lipinski definition) is 3. The lowest BCUT2D eigenvalue weighted by molar-refractivity contribution is -0.117. The fourth-order valence-corrected chi connectivity index (χ4v) is 2.06. The van der Waals surface area contributed by atoms with E-state index in [1.54, 1.807) is 24.3 Å². The summed E-state index contributed by atoms with van der Waals surface area (Å²) in [6.07, 6.45) is -0.174. The first-order chi connectivity index (χ1) is 12.8. The van der Waals surface area contributed by atoms with Gasteiger partial charge in [-0.2, -0.15) is 13.2 Å². The molecule has 6 nitrogen and oxygen atoms in total. The van der Waals surface area contributed by atoms with Crippen molar-refractivity contribution in [3.8, 4) is 0 Å². The molecule has 0 aliphatic rings. The summed E-state index contributed by atoms with van der Waals surface area (Å²) in [5.41, 5.74) is 0.393. The molecule has 1 aromatic heterocycles. The molecule has 0 unspecified atom stereocenters. The maximum Gasteiger partial charge on any atom is 0.405 e. The number of para-hydroxylation sites is 2. The van der Waals surface area contributed by atoms with Gasteiger partial charge in [0.05, 0.1) is 17.6 Å². The zero-order valence-corrected chi connectivity index (χ0v) is 14.2. The summed E-state index contributed by atoms with van der Waals surface area (Å²) in [4.78, 5) is 23.6. The molecule has 3 N–H and O–H groups in total. The Bertz CT molecular complexity index is 787. The highest BCUT2D eigenvalue weighted by molar-refractivity contribution is 5.95. The Morgan fingerprint density at radius 2 is 1.81 bits per heavy atom. The smallest absolute Gasteiger partial charge is 0.405 e. The molecule has 1 heterocycles. The number of alkyl halides is 3. The molecular formula is C18H18F3N3O3. The van der Waals surface area contributed by atoms with Gasteiger partial charge < -0.3 is 20.4 Å². The molecule has 9 heteroatoms. The third-order valence-corrected chi connectivity index (χ3v) is 3.27. The van der Waals surface area contributed by atoms with Crippen molar-refractivity contribution in [3.63, 3.8) is 0 Å². The van der Waals surface area contributed by atoms with Gasteiger partial charge in [-0.15, -0.1) is 0 Å². The number of benzene rings is 1. The predicted molar refractivity (Wildman–Crippen MR) is 95.0 cm³/mol. The molecule has 0 saturated carbocycles. The Morgan fingerprint density at radius 3 is 2.48 bits per heavy atom. The number of carbonyl (C=O) groups is 2. The molecule has 0 aliphatic carbocycles. The van der Waals surface area contributed by atoms with Gasteiger partial charge in [-0.1, -0.05) is 12.1 Å². The van der Waals surface area contributed by atoms with Crippen LogP contribution in [0.2, 0.25) is 0 Å². The maximum atomic E-state index is 12.3. The Hall–Kier alpha value is -3.23. The first-order valence-corrected chi connectivity index (χ1v) is 8.02. The highest BCUT2D eigenvalue weighted by Crippen LogP contribution is 2.23. The number of halogens is 3. The van der Waals surface area contributed by atoms with E-state index in [9.17, 15) is 22.8 Å². The van der Waals surface area contributed by atoms with Crippen molar-refractivity contribution in [3.05, 3.63) is 54.5 Å². The fourth-order valence-electron chi connectivity index (χ4n) is 2.06. The van der Waals surface area contributed by atoms with E-state index in [4.69, 9.17) is 4.42 Å². The van der Waals surface area contributed by atoms with Crippen LogP contribution in [0.25, 0.3) is 6.08 Å². The van der Waals surface area contributed by atoms with Crippen LogP contribution in [-0.4, -0.2) is 31.1 Å². The third kappa shape index (κ3) is 7.68. The van der Waals surface area contributed by atoms with Gasteiger partial charge in [0.15, 0.2) is 0 Å². The highest BCUT2D eigenvalue weighted by Gasteiger charge is 2.27. The summed E-state index contributed by atoms with van der Waals surface area (Å²) in [7, 11) is 0. The van der Waals surface area contributed by atoms with E-state index in [1.807, 2.05) is 0 Å². The molecule has 1 aromatic carbocycles. The van der Waals surface area contributed by atoms with Crippen LogP contribution in [0.4, 0.5) is 24.5 Å². The van der Waals surface area contributed by atoms with Gasteiger partial charge in [-0.25, -0.2) is 0 Å². The maximum absolute atomic E-state index is 12.3. The van der Waals surface area contributed by atoms with Gasteiger partial charge in [-0.3, -0.25) is 9.59 Å². The van der Waals surface area contributed by atoms with E-state index in [2.05, 4.69) is 16.0 Å². The number of carbonyl (C=O) groups excluding carboxylic acids is 2. The van der Waals surface area contributed by atoms with Crippen LogP contribution < -0.4 is 16.0 Å². The molecule has 0 spiro atoms. The SMILES string of the molecule is O=C(/C=C/c1ccco1)NCCC(=O)Nc1ccccc1NCC(F)(F)F. The molecule has 2 aromatic rings. The zero-order valence-electron chi connectivity index (χ0n) is 14.2. The second-order valence-corrected chi connectivity index (χ2v) is 5.45. The van der Waals surface area contributed by atoms with E-state index in [1.165, 1.54) is 30.5 Å². The van der Waals surface area contributed by atoms with Crippen molar-refractivity contribution in [2.45, 2.75) is 12.6 Å².